The first-order valence-corrected chi connectivity index (χ1v) is 8.73. The summed E-state index contributed by atoms with van der Waals surface area (Å²) >= 11 is 0. The molecule has 0 unspecified atom stereocenters. The Morgan fingerprint density at radius 3 is 2.86 bits per heavy atom. The molecule has 0 amide bonds. The highest BCUT2D eigenvalue weighted by atomic mass is 16.5. The van der Waals surface area contributed by atoms with Crippen molar-refractivity contribution in [2.45, 2.75) is 39.5 Å². The Morgan fingerprint density at radius 1 is 1.36 bits per heavy atom. The third-order valence-electron chi connectivity index (χ3n) is 5.58. The number of pyridine rings is 2. The van der Waals surface area contributed by atoms with Crippen molar-refractivity contribution in [3.63, 3.8) is 0 Å². The zero-order valence-corrected chi connectivity index (χ0v) is 15.0. The van der Waals surface area contributed by atoms with Gasteiger partial charge in [-0.3, -0.25) is 4.79 Å². The van der Waals surface area contributed by atoms with Crippen LogP contribution in [0.15, 0.2) is 53.5 Å². The van der Waals surface area contributed by atoms with Gasteiger partial charge < -0.3 is 14.4 Å². The zero-order valence-electron chi connectivity index (χ0n) is 15.0. The normalized spacial score (nSPS) is 19.0. The topological polar surface area (TPSA) is 64.4 Å². The Balaban J connectivity index is 0.000001000. The maximum atomic E-state index is 13.1. The van der Waals surface area contributed by atoms with E-state index < -0.39 is 5.60 Å². The van der Waals surface area contributed by atoms with Gasteiger partial charge in [-0.25, -0.2) is 4.98 Å². The van der Waals surface area contributed by atoms with E-state index in [1.807, 2.05) is 37.3 Å². The number of nitrogens with zero attached hydrogens (tertiary/aromatic N) is 2. The summed E-state index contributed by atoms with van der Waals surface area (Å²) in [5.74, 6) is 0.293. The van der Waals surface area contributed by atoms with Crippen molar-refractivity contribution < 1.29 is 11.3 Å². The van der Waals surface area contributed by atoms with Gasteiger partial charge in [0.2, 0.25) is 0 Å². The summed E-state index contributed by atoms with van der Waals surface area (Å²) in [7, 11) is 0. The molecule has 2 aliphatic rings. The minimum Gasteiger partial charge on any atom is -0.490 e. The Hall–Kier alpha value is -2.86. The maximum absolute atomic E-state index is 13.1. The summed E-state index contributed by atoms with van der Waals surface area (Å²) < 4.78 is 7.24. The van der Waals surface area contributed by atoms with Gasteiger partial charge >= 0.3 is 0 Å². The molecule has 4 heterocycles. The fourth-order valence-corrected chi connectivity index (χ4v) is 4.04. The third kappa shape index (κ3) is 2.44. The standard InChI is InChI=1S/C21H18N2O3.CH4.B.H2/c1-3-21(25)12(2)26-11-15-16(21)9-18-19-14(10-23(18)20(15)24)8-13-6-4-5-7-17(13)22-19;;;/h4-9,25H,2-3,10-11H2,1H3;1H4;;1H/t21-;;;/m1.../s1/i;;;1+1. The summed E-state index contributed by atoms with van der Waals surface area (Å²) in [6, 6.07) is 11.9. The molecule has 6 heteroatoms. The van der Waals surface area contributed by atoms with Crippen LogP contribution in [-0.2, 0) is 23.5 Å². The minimum absolute atomic E-state index is 0. The molecule has 1 aromatic carbocycles. The van der Waals surface area contributed by atoms with Gasteiger partial charge in [0.25, 0.3) is 5.56 Å². The fourth-order valence-electron chi connectivity index (χ4n) is 4.04. The highest BCUT2D eigenvalue weighted by Crippen LogP contribution is 2.41. The van der Waals surface area contributed by atoms with Crippen LogP contribution in [-0.4, -0.2) is 23.1 Å². The van der Waals surface area contributed by atoms with Crippen LogP contribution in [0.3, 0.4) is 0 Å². The Morgan fingerprint density at radius 2 is 2.11 bits per heavy atom. The van der Waals surface area contributed by atoms with Crippen molar-refractivity contribution in [3.8, 4) is 11.4 Å². The number of hydrogen-bond acceptors (Lipinski definition) is 4. The molecule has 0 saturated carbocycles. The van der Waals surface area contributed by atoms with E-state index in [4.69, 9.17) is 9.72 Å². The molecule has 0 spiro atoms. The van der Waals surface area contributed by atoms with Crippen molar-refractivity contribution in [1.29, 1.82) is 0 Å². The quantitative estimate of drug-likeness (QED) is 0.516. The number of aliphatic hydroxyl groups is 1. The van der Waals surface area contributed by atoms with Crippen LogP contribution in [0.25, 0.3) is 22.3 Å². The number of para-hydroxylation sites is 1. The second kappa shape index (κ2) is 6.64. The van der Waals surface area contributed by atoms with E-state index in [0.29, 0.717) is 29.9 Å². The van der Waals surface area contributed by atoms with Gasteiger partial charge in [-0.1, -0.05) is 39.1 Å². The number of aromatic nitrogens is 2. The molecule has 3 aromatic rings. The molecule has 0 saturated heterocycles. The predicted octanol–water partition coefficient (Wildman–Crippen LogP) is 3.57. The SMILES string of the molecule is C.C=C1OCc2c(cc3n(c2=O)Cc2cc4ccccc4nc2-3)[C@@]1(O)CC.[2HH].[B]. The van der Waals surface area contributed by atoms with Crippen LogP contribution in [0, 0.1) is 0 Å². The molecule has 28 heavy (non-hydrogen) atoms. The lowest BCUT2D eigenvalue weighted by Gasteiger charge is -2.35. The van der Waals surface area contributed by atoms with Crippen molar-refractivity contribution in [1.82, 2.24) is 9.55 Å². The Labute approximate surface area is 167 Å². The molecule has 143 valence electrons. The molecule has 3 radical (unpaired) electrons. The maximum Gasteiger partial charge on any atom is 0.258 e. The Bertz CT molecular complexity index is 1170. The average Bonchev–Trinajstić information content (AvgIpc) is 3.01. The molecule has 0 bridgehead atoms. The molecule has 2 aromatic heterocycles. The van der Waals surface area contributed by atoms with Crippen LogP contribution < -0.4 is 5.56 Å². The lowest BCUT2D eigenvalue weighted by molar-refractivity contribution is -0.0172. The number of fused-ring (bicyclic) bond motifs is 5. The van der Waals surface area contributed by atoms with Gasteiger partial charge in [-0.15, -0.1) is 0 Å². The summed E-state index contributed by atoms with van der Waals surface area (Å²) in [5, 5.41) is 12.1. The first-order chi connectivity index (χ1) is 12.5. The number of rotatable bonds is 1. The number of ether oxygens (including phenoxy) is 1. The van der Waals surface area contributed by atoms with Crippen LogP contribution >= 0.6 is 0 Å². The molecule has 0 fully saturated rings. The molecule has 5 nitrogen and oxygen atoms in total. The van der Waals surface area contributed by atoms with Crippen molar-refractivity contribution in [3.05, 3.63) is 75.8 Å². The van der Waals surface area contributed by atoms with E-state index in [1.54, 1.807) is 4.57 Å². The zero-order chi connectivity index (χ0) is 18.1. The lowest BCUT2D eigenvalue weighted by Crippen LogP contribution is -2.38. The molecule has 1 atom stereocenters. The van der Waals surface area contributed by atoms with Crippen molar-refractivity contribution >= 4 is 19.3 Å². The van der Waals surface area contributed by atoms with E-state index in [0.717, 1.165) is 27.9 Å². The van der Waals surface area contributed by atoms with Crippen molar-refractivity contribution in [2.24, 2.45) is 0 Å². The highest BCUT2D eigenvalue weighted by Gasteiger charge is 2.41. The summed E-state index contributed by atoms with van der Waals surface area (Å²) in [6.07, 6.45) is 0.389. The summed E-state index contributed by atoms with van der Waals surface area (Å²) in [5.41, 5.74) is 3.08. The molecule has 2 aliphatic heterocycles. The fraction of sp³-hybridized carbons (Fsp3) is 0.273. The number of hydrogen-bond donors (Lipinski definition) is 1. The first-order valence-electron chi connectivity index (χ1n) is 8.73. The van der Waals surface area contributed by atoms with Crippen LogP contribution in [0.2, 0.25) is 0 Å². The van der Waals surface area contributed by atoms with Gasteiger partial charge in [0.05, 0.1) is 29.0 Å². The molecular weight excluding hydrogens is 351 g/mol. The first kappa shape index (κ1) is 19.9. The summed E-state index contributed by atoms with van der Waals surface area (Å²) in [4.78, 5) is 17.9. The van der Waals surface area contributed by atoms with Gasteiger partial charge in [-0.2, -0.15) is 0 Å². The molecule has 5 rings (SSSR count). The van der Waals surface area contributed by atoms with Gasteiger partial charge in [-0.05, 0) is 24.6 Å². The lowest BCUT2D eigenvalue weighted by atomic mass is 9.84. The van der Waals surface area contributed by atoms with E-state index in [1.165, 1.54) is 0 Å². The molecule has 0 aliphatic carbocycles. The van der Waals surface area contributed by atoms with Crippen LogP contribution in [0.4, 0.5) is 0 Å². The largest absolute Gasteiger partial charge is 0.490 e. The van der Waals surface area contributed by atoms with E-state index in [2.05, 4.69) is 12.6 Å². The molecular formula is C22H24BN2O3. The minimum atomic E-state index is -1.35. The second-order valence-corrected chi connectivity index (χ2v) is 6.93. The predicted molar refractivity (Wildman–Crippen MR) is 113 cm³/mol. The monoisotopic (exact) mass is 376 g/mol. The van der Waals surface area contributed by atoms with Gasteiger partial charge in [0.15, 0.2) is 0 Å². The van der Waals surface area contributed by atoms with E-state index >= 15 is 0 Å². The van der Waals surface area contributed by atoms with Crippen molar-refractivity contribution in [2.75, 3.05) is 0 Å². The highest BCUT2D eigenvalue weighted by molar-refractivity contribution is 5.84. The average molecular weight is 376 g/mol. The van der Waals surface area contributed by atoms with E-state index in [-0.39, 0.29) is 29.4 Å². The summed E-state index contributed by atoms with van der Waals surface area (Å²) in [6.45, 7) is 6.33. The molecule has 1 N–H and O–H groups in total. The smallest absolute Gasteiger partial charge is 0.258 e. The second-order valence-electron chi connectivity index (χ2n) is 6.93. The van der Waals surface area contributed by atoms with Gasteiger partial charge in [0, 0.05) is 26.4 Å². The number of benzene rings is 1. The van der Waals surface area contributed by atoms with Crippen LogP contribution in [0.5, 0.6) is 0 Å². The van der Waals surface area contributed by atoms with E-state index in [9.17, 15) is 9.90 Å². The van der Waals surface area contributed by atoms with Gasteiger partial charge in [0.1, 0.15) is 18.0 Å². The Kier molecular flexibility index (Phi) is 4.72. The van der Waals surface area contributed by atoms with Crippen LogP contribution in [0.1, 0.15) is 38.9 Å². The third-order valence-corrected chi connectivity index (χ3v) is 5.58.